The molecule has 0 saturated heterocycles. The zero-order valence-corrected chi connectivity index (χ0v) is 11.7. The van der Waals surface area contributed by atoms with Crippen LogP contribution in [0.3, 0.4) is 0 Å². The zero-order chi connectivity index (χ0) is 13.6. The Morgan fingerprint density at radius 1 is 1.42 bits per heavy atom. The molecule has 0 unspecified atom stereocenters. The van der Waals surface area contributed by atoms with Crippen LogP contribution in [0.25, 0.3) is 0 Å². The molecule has 0 spiro atoms. The second kappa shape index (κ2) is 4.06. The smallest absolute Gasteiger partial charge is 0.267 e. The van der Waals surface area contributed by atoms with Crippen LogP contribution in [0.4, 0.5) is 11.4 Å². The first-order valence-electron chi connectivity index (χ1n) is 6.10. The van der Waals surface area contributed by atoms with Gasteiger partial charge in [-0.2, -0.15) is 11.3 Å². The first-order chi connectivity index (χ1) is 8.99. The van der Waals surface area contributed by atoms with Gasteiger partial charge in [-0.1, -0.05) is 13.8 Å². The Hall–Kier alpha value is -1.88. The van der Waals surface area contributed by atoms with Crippen molar-refractivity contribution in [1.82, 2.24) is 4.98 Å². The summed E-state index contributed by atoms with van der Waals surface area (Å²) in [6, 6.07) is 5.73. The van der Waals surface area contributed by atoms with Crippen molar-refractivity contribution in [2.24, 2.45) is 5.73 Å². The van der Waals surface area contributed by atoms with E-state index in [1.807, 2.05) is 6.07 Å². The van der Waals surface area contributed by atoms with Gasteiger partial charge in [0.05, 0.1) is 17.1 Å². The minimum Gasteiger partial charge on any atom is -0.364 e. The lowest BCUT2D eigenvalue weighted by Gasteiger charge is -2.20. The molecule has 0 aliphatic carbocycles. The number of carbonyl (C=O) groups excluding carboxylic acids is 1. The highest BCUT2D eigenvalue weighted by atomic mass is 32.1. The summed E-state index contributed by atoms with van der Waals surface area (Å²) in [5.74, 6) is -0.479. The second-order valence-corrected chi connectivity index (χ2v) is 6.16. The number of rotatable bonds is 2. The second-order valence-electron chi connectivity index (χ2n) is 5.38. The molecule has 2 aromatic heterocycles. The average Bonchev–Trinajstić information content (AvgIpc) is 2.96. The van der Waals surface area contributed by atoms with E-state index in [0.717, 1.165) is 17.9 Å². The molecule has 2 N–H and O–H groups in total. The summed E-state index contributed by atoms with van der Waals surface area (Å²) in [4.78, 5) is 18.0. The maximum Gasteiger partial charge on any atom is 0.267 e. The minimum atomic E-state index is -0.479. The van der Waals surface area contributed by atoms with E-state index in [2.05, 4.69) is 40.6 Å². The molecule has 19 heavy (non-hydrogen) atoms. The summed E-state index contributed by atoms with van der Waals surface area (Å²) in [6.07, 6.45) is 0. The van der Waals surface area contributed by atoms with E-state index in [1.165, 1.54) is 5.69 Å². The van der Waals surface area contributed by atoms with Crippen LogP contribution in [0.2, 0.25) is 0 Å². The highest BCUT2D eigenvalue weighted by Gasteiger charge is 2.37. The van der Waals surface area contributed by atoms with E-state index < -0.39 is 5.91 Å². The van der Waals surface area contributed by atoms with Gasteiger partial charge in [0.2, 0.25) is 0 Å². The number of nitrogens with zero attached hydrogens (tertiary/aromatic N) is 2. The van der Waals surface area contributed by atoms with Crippen molar-refractivity contribution < 1.29 is 4.79 Å². The van der Waals surface area contributed by atoms with Crippen LogP contribution in [-0.2, 0) is 5.41 Å². The first-order valence-corrected chi connectivity index (χ1v) is 7.04. The molecule has 2 aromatic rings. The van der Waals surface area contributed by atoms with Gasteiger partial charge in [0.15, 0.2) is 0 Å². The van der Waals surface area contributed by atoms with Gasteiger partial charge in [0.1, 0.15) is 5.69 Å². The maximum atomic E-state index is 11.3. The summed E-state index contributed by atoms with van der Waals surface area (Å²) in [5, 5.41) is 4.18. The van der Waals surface area contributed by atoms with Crippen molar-refractivity contribution >= 4 is 28.6 Å². The predicted octanol–water partition coefficient (Wildman–Crippen LogP) is 2.67. The lowest BCUT2D eigenvalue weighted by Crippen LogP contribution is -2.25. The average molecular weight is 273 g/mol. The lowest BCUT2D eigenvalue weighted by molar-refractivity contribution is 0.0995. The van der Waals surface area contributed by atoms with E-state index in [9.17, 15) is 4.79 Å². The number of hydrogen-bond acceptors (Lipinski definition) is 4. The van der Waals surface area contributed by atoms with Crippen LogP contribution < -0.4 is 10.6 Å². The van der Waals surface area contributed by atoms with Gasteiger partial charge in [-0.05, 0) is 23.6 Å². The number of pyridine rings is 1. The molecule has 0 bridgehead atoms. The number of fused-ring (bicyclic) bond motifs is 1. The number of aromatic nitrogens is 1. The summed E-state index contributed by atoms with van der Waals surface area (Å²) < 4.78 is 0. The fourth-order valence-corrected chi connectivity index (χ4v) is 3.14. The molecule has 0 radical (unpaired) electrons. The third-order valence-electron chi connectivity index (χ3n) is 3.43. The third-order valence-corrected chi connectivity index (χ3v) is 4.10. The number of nitrogens with two attached hydrogens (primary N) is 1. The molecule has 4 nitrogen and oxygen atoms in total. The molecule has 0 saturated carbocycles. The van der Waals surface area contributed by atoms with Gasteiger partial charge in [0, 0.05) is 17.3 Å². The maximum absolute atomic E-state index is 11.3. The van der Waals surface area contributed by atoms with Crippen LogP contribution in [0.15, 0.2) is 29.0 Å². The molecule has 98 valence electrons. The van der Waals surface area contributed by atoms with Crippen LogP contribution in [0, 0.1) is 0 Å². The van der Waals surface area contributed by atoms with Gasteiger partial charge in [-0.15, -0.1) is 0 Å². The summed E-state index contributed by atoms with van der Waals surface area (Å²) in [7, 11) is 0. The molecular weight excluding hydrogens is 258 g/mol. The van der Waals surface area contributed by atoms with Crippen LogP contribution in [-0.4, -0.2) is 17.4 Å². The zero-order valence-electron chi connectivity index (χ0n) is 10.9. The number of amides is 1. The molecule has 1 amide bonds. The monoisotopic (exact) mass is 273 g/mol. The number of anilines is 2. The third kappa shape index (κ3) is 1.90. The fourth-order valence-electron chi connectivity index (χ4n) is 2.50. The molecule has 1 aliphatic heterocycles. The van der Waals surface area contributed by atoms with E-state index in [-0.39, 0.29) is 5.41 Å². The van der Waals surface area contributed by atoms with Crippen LogP contribution in [0.5, 0.6) is 0 Å². The first kappa shape index (κ1) is 12.2. The molecular formula is C14H15N3OS. The summed E-state index contributed by atoms with van der Waals surface area (Å²) in [6.45, 7) is 5.13. The largest absolute Gasteiger partial charge is 0.364 e. The van der Waals surface area contributed by atoms with Crippen LogP contribution in [0.1, 0.15) is 30.0 Å². The van der Waals surface area contributed by atoms with Crippen molar-refractivity contribution in [3.8, 4) is 0 Å². The molecule has 1 aliphatic rings. The molecule has 5 heteroatoms. The highest BCUT2D eigenvalue weighted by Crippen LogP contribution is 2.43. The van der Waals surface area contributed by atoms with Crippen molar-refractivity contribution in [1.29, 1.82) is 0 Å². The highest BCUT2D eigenvalue weighted by molar-refractivity contribution is 7.08. The van der Waals surface area contributed by atoms with Gasteiger partial charge in [-0.25, -0.2) is 4.98 Å². The topological polar surface area (TPSA) is 59.2 Å². The Balaban J connectivity index is 2.13. The molecule has 0 fully saturated rings. The van der Waals surface area contributed by atoms with Crippen molar-refractivity contribution in [3.05, 3.63) is 40.3 Å². The van der Waals surface area contributed by atoms with E-state index in [1.54, 1.807) is 17.4 Å². The normalized spacial score (nSPS) is 16.4. The van der Waals surface area contributed by atoms with Gasteiger partial charge in [-0.3, -0.25) is 4.79 Å². The van der Waals surface area contributed by atoms with Crippen molar-refractivity contribution in [2.75, 3.05) is 11.4 Å². The lowest BCUT2D eigenvalue weighted by atomic mass is 9.91. The SMILES string of the molecule is CC1(C)CN(c2ccsc2)c2ccc(C(N)=O)nc21. The van der Waals surface area contributed by atoms with Crippen LogP contribution >= 0.6 is 11.3 Å². The summed E-state index contributed by atoms with van der Waals surface area (Å²) >= 11 is 1.67. The fraction of sp³-hybridized carbons (Fsp3) is 0.286. The Labute approximate surface area is 115 Å². The summed E-state index contributed by atoms with van der Waals surface area (Å²) in [5.41, 5.74) is 8.73. The quantitative estimate of drug-likeness (QED) is 0.915. The molecule has 3 rings (SSSR count). The number of carbonyl (C=O) groups is 1. The minimum absolute atomic E-state index is 0.0945. The molecule has 3 heterocycles. The predicted molar refractivity (Wildman–Crippen MR) is 77.1 cm³/mol. The number of primary amides is 1. The van der Waals surface area contributed by atoms with E-state index in [0.29, 0.717) is 5.69 Å². The van der Waals surface area contributed by atoms with Gasteiger partial charge in [0.25, 0.3) is 5.91 Å². The van der Waals surface area contributed by atoms with Gasteiger partial charge >= 0.3 is 0 Å². The van der Waals surface area contributed by atoms with E-state index >= 15 is 0 Å². The van der Waals surface area contributed by atoms with E-state index in [4.69, 9.17) is 5.73 Å². The van der Waals surface area contributed by atoms with Gasteiger partial charge < -0.3 is 10.6 Å². The number of thiophene rings is 1. The Morgan fingerprint density at radius 3 is 2.84 bits per heavy atom. The van der Waals surface area contributed by atoms with Crippen molar-refractivity contribution in [3.63, 3.8) is 0 Å². The van der Waals surface area contributed by atoms with Crippen molar-refractivity contribution in [2.45, 2.75) is 19.3 Å². The number of hydrogen-bond donors (Lipinski definition) is 1. The molecule has 0 atom stereocenters. The standard InChI is InChI=1S/C14H15N3OS/c1-14(2)8-17(9-5-6-19-7-9)11-4-3-10(13(15)18)16-12(11)14/h3-7H,8H2,1-2H3,(H2,15,18). The Kier molecular flexibility index (Phi) is 2.60. The Bertz CT molecular complexity index is 634. The molecule has 0 aromatic carbocycles. The Morgan fingerprint density at radius 2 is 2.21 bits per heavy atom.